The molecule has 1 heterocycles. The molecule has 33 heavy (non-hydrogen) atoms. The van der Waals surface area contributed by atoms with Gasteiger partial charge in [-0.1, -0.05) is 12.1 Å². The summed E-state index contributed by atoms with van der Waals surface area (Å²) in [6.45, 7) is 0.0126. The third kappa shape index (κ3) is 4.77. The van der Waals surface area contributed by atoms with Crippen LogP contribution in [-0.4, -0.2) is 44.9 Å². The number of hydrogen-bond donors (Lipinski definition) is 1. The lowest BCUT2D eigenvalue weighted by atomic mass is 9.77. The Morgan fingerprint density at radius 2 is 1.94 bits per heavy atom. The quantitative estimate of drug-likeness (QED) is 0.640. The summed E-state index contributed by atoms with van der Waals surface area (Å²) in [6.07, 6.45) is -0.745. The molecule has 2 N–H and O–H groups in total. The van der Waals surface area contributed by atoms with E-state index in [1.165, 1.54) is 30.2 Å². The van der Waals surface area contributed by atoms with Crippen LogP contribution in [0.5, 0.6) is 5.75 Å². The van der Waals surface area contributed by atoms with Gasteiger partial charge >= 0.3 is 0 Å². The minimum atomic E-state index is -3.90. The van der Waals surface area contributed by atoms with E-state index in [0.29, 0.717) is 11.3 Å². The van der Waals surface area contributed by atoms with Gasteiger partial charge in [0.15, 0.2) is 15.6 Å². The summed E-state index contributed by atoms with van der Waals surface area (Å²) in [6, 6.07) is 9.67. The number of carbonyl (C=O) groups excluding carboxylic acids is 2. The highest BCUT2D eigenvalue weighted by Crippen LogP contribution is 2.44. The van der Waals surface area contributed by atoms with Gasteiger partial charge < -0.3 is 15.4 Å². The number of fused-ring (bicyclic) bond motifs is 1. The number of Topliss-reactive ketones (excluding diaryl/α,β-unsaturated/α-hetero) is 1. The Hall–Kier alpha value is -2.85. The monoisotopic (exact) mass is 478 g/mol. The van der Waals surface area contributed by atoms with Crippen LogP contribution in [0.3, 0.4) is 0 Å². The highest BCUT2D eigenvalue weighted by atomic mass is 32.2. The number of nitrogens with zero attached hydrogens (tertiary/aromatic N) is 1. The van der Waals surface area contributed by atoms with E-state index in [-0.39, 0.29) is 47.7 Å². The molecule has 0 unspecified atom stereocenters. The maximum absolute atomic E-state index is 13.1. The van der Waals surface area contributed by atoms with Crippen molar-refractivity contribution in [3.8, 4) is 5.75 Å². The molecule has 1 fully saturated rings. The van der Waals surface area contributed by atoms with Gasteiger partial charge in [0.25, 0.3) is 0 Å². The number of nitrogens with two attached hydrogens (primary N) is 1. The van der Waals surface area contributed by atoms with E-state index in [1.54, 1.807) is 24.3 Å². The molecule has 10 heteroatoms. The molecule has 7 nitrogen and oxygen atoms in total. The molecule has 1 amide bonds. The molecular formula is C23H24F2N2O5S. The van der Waals surface area contributed by atoms with E-state index in [0.717, 1.165) is 0 Å². The van der Waals surface area contributed by atoms with Crippen molar-refractivity contribution < 1.29 is 31.5 Å². The molecule has 1 aliphatic carbocycles. The van der Waals surface area contributed by atoms with Crippen molar-refractivity contribution >= 4 is 27.2 Å². The SMILES string of the molecule is COc1cccc(CN2C(=O)[C@@H](N)CS(=O)(=O)c3ccc(C(=O)CC4CC(F)(F)C4)cc32)c1. The molecule has 4 rings (SSSR count). The molecule has 1 saturated carbocycles. The molecule has 0 aromatic heterocycles. The number of carbonyl (C=O) groups is 2. The zero-order chi connectivity index (χ0) is 24.0. The molecule has 176 valence electrons. The van der Waals surface area contributed by atoms with Gasteiger partial charge in [-0.25, -0.2) is 17.2 Å². The molecule has 2 aromatic rings. The number of hydrogen-bond acceptors (Lipinski definition) is 6. The topological polar surface area (TPSA) is 107 Å². The third-order valence-electron chi connectivity index (χ3n) is 6.01. The lowest BCUT2D eigenvalue weighted by Crippen LogP contribution is -2.45. The summed E-state index contributed by atoms with van der Waals surface area (Å²) in [5.74, 6) is -4.12. The highest BCUT2D eigenvalue weighted by molar-refractivity contribution is 7.91. The Balaban J connectivity index is 1.71. The first-order valence-electron chi connectivity index (χ1n) is 10.5. The molecule has 2 aliphatic rings. The lowest BCUT2D eigenvalue weighted by molar-refractivity contribution is -0.119. The van der Waals surface area contributed by atoms with Gasteiger partial charge in [-0.15, -0.1) is 0 Å². The number of sulfone groups is 1. The first kappa shape index (κ1) is 23.3. The predicted octanol–water partition coefficient (Wildman–Crippen LogP) is 2.96. The maximum atomic E-state index is 13.1. The number of halogens is 2. The number of rotatable bonds is 6. The number of ether oxygens (including phenoxy) is 1. The molecular weight excluding hydrogens is 454 g/mol. The Morgan fingerprint density at radius 3 is 2.61 bits per heavy atom. The van der Waals surface area contributed by atoms with Crippen molar-refractivity contribution in [2.75, 3.05) is 17.8 Å². The van der Waals surface area contributed by atoms with Crippen LogP contribution in [0.1, 0.15) is 35.2 Å². The fraction of sp³-hybridized carbons (Fsp3) is 0.391. The second-order valence-corrected chi connectivity index (χ2v) is 10.6. The summed E-state index contributed by atoms with van der Waals surface area (Å²) >= 11 is 0. The van der Waals surface area contributed by atoms with Crippen molar-refractivity contribution in [1.82, 2.24) is 0 Å². The summed E-state index contributed by atoms with van der Waals surface area (Å²) in [5, 5.41) is 0. The summed E-state index contributed by atoms with van der Waals surface area (Å²) in [5.41, 5.74) is 6.81. The molecule has 1 atom stereocenters. The van der Waals surface area contributed by atoms with Crippen LogP contribution < -0.4 is 15.4 Å². The number of amides is 1. The Labute approximate surface area is 190 Å². The average molecular weight is 479 g/mol. The first-order valence-corrected chi connectivity index (χ1v) is 12.1. The first-order chi connectivity index (χ1) is 15.5. The standard InChI is InChI=1S/C23H24F2N2O5S/c1-32-17-4-2-3-14(7-17)12-27-19-9-16(20(28)8-15-10-23(24,25)11-15)5-6-21(19)33(30,31)13-18(26)22(27)29/h2-7,9,15,18H,8,10-13,26H2,1H3/t18-/m0/s1. The number of alkyl halides is 2. The van der Waals surface area contributed by atoms with Gasteiger partial charge in [-0.3, -0.25) is 9.59 Å². The number of anilines is 1. The molecule has 0 saturated heterocycles. The normalized spacial score (nSPS) is 21.6. The van der Waals surface area contributed by atoms with Crippen molar-refractivity contribution in [1.29, 1.82) is 0 Å². The Kier molecular flexibility index (Phi) is 6.00. The molecule has 1 aliphatic heterocycles. The van der Waals surface area contributed by atoms with E-state index in [2.05, 4.69) is 0 Å². The minimum absolute atomic E-state index is 0.0126. The highest BCUT2D eigenvalue weighted by Gasteiger charge is 2.46. The van der Waals surface area contributed by atoms with Gasteiger partial charge in [-0.05, 0) is 41.8 Å². The van der Waals surface area contributed by atoms with E-state index >= 15 is 0 Å². The fourth-order valence-electron chi connectivity index (χ4n) is 4.31. The van der Waals surface area contributed by atoms with Crippen molar-refractivity contribution in [2.45, 2.75) is 42.7 Å². The van der Waals surface area contributed by atoms with Crippen LogP contribution in [0.15, 0.2) is 47.4 Å². The van der Waals surface area contributed by atoms with Gasteiger partial charge in [0.05, 0.1) is 36.0 Å². The largest absolute Gasteiger partial charge is 0.497 e. The second kappa shape index (κ2) is 8.49. The van der Waals surface area contributed by atoms with E-state index < -0.39 is 39.4 Å². The number of benzene rings is 2. The van der Waals surface area contributed by atoms with Crippen LogP contribution in [0, 0.1) is 5.92 Å². The van der Waals surface area contributed by atoms with Crippen LogP contribution >= 0.6 is 0 Å². The zero-order valence-corrected chi connectivity index (χ0v) is 18.8. The van der Waals surface area contributed by atoms with E-state index in [9.17, 15) is 26.8 Å². The molecule has 0 bridgehead atoms. The number of ketones is 1. The van der Waals surface area contributed by atoms with E-state index in [4.69, 9.17) is 10.5 Å². The minimum Gasteiger partial charge on any atom is -0.497 e. The molecule has 0 radical (unpaired) electrons. The smallest absolute Gasteiger partial charge is 0.248 e. The molecule has 0 spiro atoms. The number of methoxy groups -OCH3 is 1. The fourth-order valence-corrected chi connectivity index (χ4v) is 5.86. The van der Waals surface area contributed by atoms with Crippen molar-refractivity contribution in [3.63, 3.8) is 0 Å². The van der Waals surface area contributed by atoms with Crippen LogP contribution in [0.4, 0.5) is 14.5 Å². The zero-order valence-electron chi connectivity index (χ0n) is 18.0. The summed E-state index contributed by atoms with van der Waals surface area (Å²) < 4.78 is 57.3. The van der Waals surface area contributed by atoms with Gasteiger partial charge in [0.2, 0.25) is 11.8 Å². The summed E-state index contributed by atoms with van der Waals surface area (Å²) in [4.78, 5) is 27.0. The summed E-state index contributed by atoms with van der Waals surface area (Å²) in [7, 11) is -2.39. The van der Waals surface area contributed by atoms with Crippen molar-refractivity contribution in [2.24, 2.45) is 11.7 Å². The Morgan fingerprint density at radius 1 is 1.21 bits per heavy atom. The molecule has 2 aromatic carbocycles. The van der Waals surface area contributed by atoms with Gasteiger partial charge in [-0.2, -0.15) is 0 Å². The predicted molar refractivity (Wildman–Crippen MR) is 117 cm³/mol. The third-order valence-corrected chi connectivity index (χ3v) is 7.83. The van der Waals surface area contributed by atoms with Crippen LogP contribution in [0.2, 0.25) is 0 Å². The van der Waals surface area contributed by atoms with Gasteiger partial charge in [0, 0.05) is 24.8 Å². The van der Waals surface area contributed by atoms with Crippen molar-refractivity contribution in [3.05, 3.63) is 53.6 Å². The van der Waals surface area contributed by atoms with Gasteiger partial charge in [0.1, 0.15) is 5.75 Å². The Bertz CT molecular complexity index is 1210. The van der Waals surface area contributed by atoms with Crippen LogP contribution in [-0.2, 0) is 21.2 Å². The van der Waals surface area contributed by atoms with Crippen LogP contribution in [0.25, 0.3) is 0 Å². The average Bonchev–Trinajstić information content (AvgIpc) is 2.81. The maximum Gasteiger partial charge on any atom is 0.248 e. The van der Waals surface area contributed by atoms with E-state index in [1.807, 2.05) is 0 Å². The second-order valence-electron chi connectivity index (χ2n) is 8.60. The lowest BCUT2D eigenvalue weighted by Gasteiger charge is -2.34.